The molecule has 1 aliphatic heterocycles. The number of carboxylic acids is 1. The molecule has 8 atom stereocenters. The predicted molar refractivity (Wildman–Crippen MR) is 261 cm³/mol. The van der Waals surface area contributed by atoms with E-state index in [9.17, 15) is 58.8 Å². The molecule has 1 aliphatic rings. The van der Waals surface area contributed by atoms with Gasteiger partial charge in [-0.15, -0.1) is 0 Å². The minimum atomic E-state index is -1.41. The summed E-state index contributed by atoms with van der Waals surface area (Å²) in [6.45, 7) is 2.58. The molecule has 1 fully saturated rings. The number of ketones is 1. The second-order valence-corrected chi connectivity index (χ2v) is 18.0. The fourth-order valence-corrected chi connectivity index (χ4v) is 8.00. The maximum atomic E-state index is 13.9. The SMILES string of the molecule is CC(=O)CCCC(=O)NC(Cc1ccccc1)C(=O)NC(CCC(=O)O)C(=O)NC(Cc1ccccc1)C(=O)NCC(=O)NCCCCCCCCCCCCO[C@@H]1O[C@H](CO)[C@@H](O)[C@H](O)[C@H]1NC(C)=O. The fraction of sp³-hybridized carbons (Fsp3) is 0.608. The molecule has 0 saturated carbocycles. The Morgan fingerprint density at radius 2 is 1.14 bits per heavy atom. The normalized spacial score (nSPS) is 18.7. The Morgan fingerprint density at radius 1 is 0.606 bits per heavy atom. The number of carbonyl (C=O) groups is 8. The van der Waals surface area contributed by atoms with Crippen LogP contribution in [-0.4, -0.2) is 143 Å². The van der Waals surface area contributed by atoms with Gasteiger partial charge in [-0.05, 0) is 43.7 Å². The Morgan fingerprint density at radius 3 is 1.69 bits per heavy atom. The highest BCUT2D eigenvalue weighted by Crippen LogP contribution is 2.23. The van der Waals surface area contributed by atoms with E-state index in [4.69, 9.17) is 9.47 Å². The predicted octanol–water partition coefficient (Wildman–Crippen LogP) is 1.64. The lowest BCUT2D eigenvalue weighted by atomic mass is 9.97. The van der Waals surface area contributed by atoms with Crippen LogP contribution in [0.25, 0.3) is 0 Å². The van der Waals surface area contributed by atoms with Gasteiger partial charge in [-0.1, -0.05) is 112 Å². The van der Waals surface area contributed by atoms with E-state index >= 15 is 0 Å². The van der Waals surface area contributed by atoms with Crippen molar-refractivity contribution >= 4 is 47.2 Å². The summed E-state index contributed by atoms with van der Waals surface area (Å²) < 4.78 is 11.4. The van der Waals surface area contributed by atoms with Gasteiger partial charge >= 0.3 is 5.97 Å². The van der Waals surface area contributed by atoms with Crippen molar-refractivity contribution in [1.29, 1.82) is 0 Å². The standard InChI is InChI=1S/C51H76N6O14/c1-34(59)20-19-25-42(61)55-40(31-37-23-15-12-16-24-37)50(69)56-38(26-27-44(63)64)49(68)57-39(30-36-21-13-11-14-22-36)48(67)53-32-43(62)52-28-17-9-7-5-3-4-6-8-10-18-29-70-51-45(54-35(2)60)47(66)46(65)41(33-58)71-51/h11-16,21-24,38-41,45-47,51,58,65-66H,3-10,17-20,25-33H2,1-2H3,(H,52,62)(H,53,67)(H,54,60)(H,55,61)(H,56,69)(H,57,68)(H,63,64)/t38?,39?,40?,41-,45-,46-,47-,51-/m1/s1. The fourth-order valence-electron chi connectivity index (χ4n) is 8.00. The Kier molecular flexibility index (Phi) is 28.3. The first-order valence-electron chi connectivity index (χ1n) is 24.8. The summed E-state index contributed by atoms with van der Waals surface area (Å²) in [5.74, 6) is -4.85. The molecule has 20 heteroatoms. The first-order chi connectivity index (χ1) is 34.1. The maximum Gasteiger partial charge on any atom is 0.303 e. The monoisotopic (exact) mass is 997 g/mol. The first kappa shape index (κ1) is 59.5. The highest BCUT2D eigenvalue weighted by Gasteiger charge is 2.45. The molecule has 10 N–H and O–H groups in total. The number of hydrogen-bond donors (Lipinski definition) is 10. The molecular formula is C51H76N6O14. The Hall–Kier alpha value is -5.80. The third kappa shape index (κ3) is 24.3. The zero-order valence-electron chi connectivity index (χ0n) is 41.1. The van der Waals surface area contributed by atoms with Crippen LogP contribution < -0.4 is 31.9 Å². The van der Waals surface area contributed by atoms with E-state index in [1.807, 2.05) is 0 Å². The number of aliphatic carboxylic acids is 1. The summed E-state index contributed by atoms with van der Waals surface area (Å²) in [6.07, 6.45) is 4.51. The lowest BCUT2D eigenvalue weighted by Gasteiger charge is -2.42. The van der Waals surface area contributed by atoms with E-state index in [1.54, 1.807) is 60.7 Å². The summed E-state index contributed by atoms with van der Waals surface area (Å²) in [5, 5.41) is 55.4. The minimum Gasteiger partial charge on any atom is -0.481 e. The topological polar surface area (TPSA) is 308 Å². The first-order valence-corrected chi connectivity index (χ1v) is 24.8. The number of unbranched alkanes of at least 4 members (excludes halogenated alkanes) is 9. The number of ether oxygens (including phenoxy) is 2. The van der Waals surface area contributed by atoms with E-state index in [2.05, 4.69) is 31.9 Å². The second kappa shape index (κ2) is 33.7. The van der Waals surface area contributed by atoms with Gasteiger partial charge in [-0.3, -0.25) is 33.6 Å². The molecule has 1 heterocycles. The molecule has 2 aromatic rings. The summed E-state index contributed by atoms with van der Waals surface area (Å²) in [4.78, 5) is 101. The van der Waals surface area contributed by atoms with Gasteiger partial charge in [0.15, 0.2) is 6.29 Å². The van der Waals surface area contributed by atoms with E-state index in [0.717, 1.165) is 64.2 Å². The number of rotatable bonds is 35. The van der Waals surface area contributed by atoms with E-state index in [-0.39, 0.29) is 50.9 Å². The van der Waals surface area contributed by atoms with Crippen LogP contribution in [0.1, 0.15) is 121 Å². The van der Waals surface area contributed by atoms with Crippen LogP contribution in [-0.2, 0) is 60.7 Å². The smallest absolute Gasteiger partial charge is 0.303 e. The van der Waals surface area contributed by atoms with Crippen LogP contribution in [0.5, 0.6) is 0 Å². The molecule has 3 rings (SSSR count). The van der Waals surface area contributed by atoms with Crippen LogP contribution in [0.2, 0.25) is 0 Å². The van der Waals surface area contributed by atoms with Crippen molar-refractivity contribution in [3.63, 3.8) is 0 Å². The average Bonchev–Trinajstić information content (AvgIpc) is 3.33. The number of hydrogen-bond acceptors (Lipinski definition) is 13. The average molecular weight is 997 g/mol. The van der Waals surface area contributed by atoms with Gasteiger partial charge < -0.3 is 66.6 Å². The molecule has 0 bridgehead atoms. The molecule has 20 nitrogen and oxygen atoms in total. The largest absolute Gasteiger partial charge is 0.481 e. The molecule has 394 valence electrons. The van der Waals surface area contributed by atoms with Gasteiger partial charge in [0.05, 0.1) is 13.2 Å². The third-order valence-electron chi connectivity index (χ3n) is 11.9. The van der Waals surface area contributed by atoms with E-state index in [0.29, 0.717) is 24.3 Å². The quantitative estimate of drug-likeness (QED) is 0.0440. The van der Waals surface area contributed by atoms with Crippen LogP contribution in [0.4, 0.5) is 0 Å². The Bertz CT molecular complexity index is 1960. The van der Waals surface area contributed by atoms with Gasteiger partial charge in [0.2, 0.25) is 35.4 Å². The molecule has 71 heavy (non-hydrogen) atoms. The molecule has 6 amide bonds. The van der Waals surface area contributed by atoms with Crippen molar-refractivity contribution in [1.82, 2.24) is 31.9 Å². The number of Topliss-reactive ketones (excluding diaryl/α,β-unsaturated/α-hetero) is 1. The lowest BCUT2D eigenvalue weighted by Crippen LogP contribution is -2.64. The van der Waals surface area contributed by atoms with Gasteiger partial charge in [0, 0.05) is 52.2 Å². The second-order valence-electron chi connectivity index (χ2n) is 18.0. The van der Waals surface area contributed by atoms with Crippen molar-refractivity contribution in [2.45, 2.75) is 172 Å². The van der Waals surface area contributed by atoms with Gasteiger partial charge in [-0.25, -0.2) is 0 Å². The van der Waals surface area contributed by atoms with Crippen LogP contribution in [0, 0.1) is 0 Å². The van der Waals surface area contributed by atoms with Crippen LogP contribution in [0.3, 0.4) is 0 Å². The van der Waals surface area contributed by atoms with Gasteiger partial charge in [0.25, 0.3) is 0 Å². The van der Waals surface area contributed by atoms with Crippen molar-refractivity contribution in [2.75, 3.05) is 26.3 Å². The molecule has 2 aromatic carbocycles. The van der Waals surface area contributed by atoms with Crippen LogP contribution in [0.15, 0.2) is 60.7 Å². The van der Waals surface area contributed by atoms with Gasteiger partial charge in [0.1, 0.15) is 48.3 Å². The molecule has 0 aliphatic carbocycles. The van der Waals surface area contributed by atoms with E-state index in [1.165, 1.54) is 13.8 Å². The lowest BCUT2D eigenvalue weighted by molar-refractivity contribution is -0.270. The van der Waals surface area contributed by atoms with Crippen molar-refractivity contribution in [2.24, 2.45) is 0 Å². The van der Waals surface area contributed by atoms with Crippen molar-refractivity contribution in [3.8, 4) is 0 Å². The number of aliphatic hydroxyl groups is 3. The summed E-state index contributed by atoms with van der Waals surface area (Å²) >= 11 is 0. The summed E-state index contributed by atoms with van der Waals surface area (Å²) in [6, 6.07) is 12.9. The highest BCUT2D eigenvalue weighted by molar-refractivity contribution is 5.95. The minimum absolute atomic E-state index is 0.0139. The zero-order chi connectivity index (χ0) is 52.0. The van der Waals surface area contributed by atoms with E-state index < -0.39 is 103 Å². The molecule has 0 aromatic heterocycles. The number of carbonyl (C=O) groups excluding carboxylic acids is 7. The summed E-state index contributed by atoms with van der Waals surface area (Å²) in [5.41, 5.74) is 1.40. The molecule has 3 unspecified atom stereocenters. The Labute approximate surface area is 416 Å². The number of aliphatic hydroxyl groups excluding tert-OH is 3. The maximum absolute atomic E-state index is 13.9. The number of nitrogens with one attached hydrogen (secondary N) is 6. The molecular weight excluding hydrogens is 921 g/mol. The Balaban J connectivity index is 1.42. The number of benzene rings is 2. The zero-order valence-corrected chi connectivity index (χ0v) is 41.1. The van der Waals surface area contributed by atoms with Crippen molar-refractivity contribution in [3.05, 3.63) is 71.8 Å². The van der Waals surface area contributed by atoms with Crippen molar-refractivity contribution < 1.29 is 68.3 Å². The third-order valence-corrected chi connectivity index (χ3v) is 11.9. The number of amides is 6. The number of carboxylic acid groups (broad SMARTS) is 1. The molecule has 1 saturated heterocycles. The molecule has 0 radical (unpaired) electrons. The highest BCUT2D eigenvalue weighted by atomic mass is 16.7. The van der Waals surface area contributed by atoms with Gasteiger partial charge in [-0.2, -0.15) is 0 Å². The summed E-state index contributed by atoms with van der Waals surface area (Å²) in [7, 11) is 0. The molecule has 0 spiro atoms. The van der Waals surface area contributed by atoms with Crippen LogP contribution >= 0.6 is 0 Å².